The van der Waals surface area contributed by atoms with Crippen molar-refractivity contribution in [2.24, 2.45) is 0 Å². The highest BCUT2D eigenvalue weighted by Gasteiger charge is 2.10. The molecule has 1 rings (SSSR count). The lowest BCUT2D eigenvalue weighted by Gasteiger charge is -2.20. The van der Waals surface area contributed by atoms with Crippen LogP contribution in [0.3, 0.4) is 0 Å². The van der Waals surface area contributed by atoms with Gasteiger partial charge in [0.05, 0.1) is 6.07 Å². The van der Waals surface area contributed by atoms with E-state index in [-0.39, 0.29) is 6.04 Å². The zero-order valence-electron chi connectivity index (χ0n) is 12.5. The number of rotatable bonds is 7. The van der Waals surface area contributed by atoms with Crippen molar-refractivity contribution in [3.05, 3.63) is 34.9 Å². The Hall–Kier alpha value is -1.37. The first-order valence-electron chi connectivity index (χ1n) is 7.04. The van der Waals surface area contributed by atoms with Gasteiger partial charge in [0, 0.05) is 13.1 Å². The second kappa shape index (κ2) is 7.93. The topological polar surface area (TPSA) is 39.1 Å². The summed E-state index contributed by atoms with van der Waals surface area (Å²) in [7, 11) is 0. The summed E-state index contributed by atoms with van der Waals surface area (Å²) in [6.45, 7) is 12.4. The van der Waals surface area contributed by atoms with Crippen LogP contribution in [-0.2, 0) is 0 Å². The molecule has 0 aliphatic rings. The van der Waals surface area contributed by atoms with Crippen molar-refractivity contribution in [2.45, 2.75) is 33.7 Å². The van der Waals surface area contributed by atoms with Crippen LogP contribution in [0.1, 0.15) is 36.6 Å². The zero-order chi connectivity index (χ0) is 14.3. The van der Waals surface area contributed by atoms with Gasteiger partial charge in [-0.25, -0.2) is 0 Å². The van der Waals surface area contributed by atoms with Crippen molar-refractivity contribution in [1.82, 2.24) is 10.2 Å². The summed E-state index contributed by atoms with van der Waals surface area (Å²) in [5, 5.41) is 12.6. The molecule has 0 aromatic heterocycles. The molecule has 1 aromatic rings. The summed E-state index contributed by atoms with van der Waals surface area (Å²) < 4.78 is 0. The first kappa shape index (κ1) is 15.7. The van der Waals surface area contributed by atoms with Gasteiger partial charge in [-0.1, -0.05) is 32.0 Å². The number of likely N-dealkylation sites (N-methyl/N-ethyl adjacent to an activating group) is 1. The van der Waals surface area contributed by atoms with Gasteiger partial charge in [-0.05, 0) is 43.6 Å². The second-order valence-corrected chi connectivity index (χ2v) is 4.89. The Kier molecular flexibility index (Phi) is 6.55. The molecule has 0 saturated carbocycles. The Bertz CT molecular complexity index is 430. The third kappa shape index (κ3) is 4.66. The molecule has 0 bridgehead atoms. The minimum atomic E-state index is -0.213. The fourth-order valence-electron chi connectivity index (χ4n) is 2.09. The maximum Gasteiger partial charge on any atom is 0.121 e. The van der Waals surface area contributed by atoms with Crippen molar-refractivity contribution >= 4 is 0 Å². The summed E-state index contributed by atoms with van der Waals surface area (Å²) in [4.78, 5) is 2.35. The Morgan fingerprint density at radius 2 is 1.89 bits per heavy atom. The van der Waals surface area contributed by atoms with Gasteiger partial charge in [0.1, 0.15) is 6.04 Å². The van der Waals surface area contributed by atoms with Gasteiger partial charge in [0.25, 0.3) is 0 Å². The molecule has 1 atom stereocenters. The molecule has 0 saturated heterocycles. The number of hydrogen-bond donors (Lipinski definition) is 1. The predicted octanol–water partition coefficient (Wildman–Crippen LogP) is 2.80. The summed E-state index contributed by atoms with van der Waals surface area (Å²) >= 11 is 0. The highest BCUT2D eigenvalue weighted by atomic mass is 15.1. The molecule has 1 N–H and O–H groups in total. The van der Waals surface area contributed by atoms with Gasteiger partial charge in [0.2, 0.25) is 0 Å². The normalized spacial score (nSPS) is 12.4. The van der Waals surface area contributed by atoms with Gasteiger partial charge >= 0.3 is 0 Å². The van der Waals surface area contributed by atoms with E-state index in [0.717, 1.165) is 31.7 Å². The minimum absolute atomic E-state index is 0.213. The van der Waals surface area contributed by atoms with Gasteiger partial charge < -0.3 is 4.90 Å². The Morgan fingerprint density at radius 3 is 2.42 bits per heavy atom. The summed E-state index contributed by atoms with van der Waals surface area (Å²) in [5.41, 5.74) is 3.57. The number of nitrogens with one attached hydrogen (secondary N) is 1. The van der Waals surface area contributed by atoms with E-state index in [1.54, 1.807) is 0 Å². The molecule has 1 unspecified atom stereocenters. The van der Waals surface area contributed by atoms with E-state index in [1.165, 1.54) is 11.1 Å². The van der Waals surface area contributed by atoms with Crippen molar-refractivity contribution in [1.29, 1.82) is 5.26 Å². The lowest BCUT2D eigenvalue weighted by Crippen LogP contribution is -2.33. The van der Waals surface area contributed by atoms with Crippen molar-refractivity contribution in [2.75, 3.05) is 26.2 Å². The molecule has 19 heavy (non-hydrogen) atoms. The van der Waals surface area contributed by atoms with Gasteiger partial charge in [-0.2, -0.15) is 5.26 Å². The van der Waals surface area contributed by atoms with E-state index in [0.29, 0.717) is 0 Å². The van der Waals surface area contributed by atoms with Crippen LogP contribution in [-0.4, -0.2) is 31.1 Å². The minimum Gasteiger partial charge on any atom is -0.303 e. The highest BCUT2D eigenvalue weighted by Crippen LogP contribution is 2.16. The van der Waals surface area contributed by atoms with Crippen LogP contribution in [0, 0.1) is 25.2 Å². The third-order valence-corrected chi connectivity index (χ3v) is 3.66. The SMILES string of the molecule is CCN(CC)CCNC(C#N)c1ccc(C)c(C)c1. The molecule has 104 valence electrons. The maximum absolute atomic E-state index is 9.29. The molecule has 0 heterocycles. The van der Waals surface area contributed by atoms with Crippen molar-refractivity contribution in [3.8, 4) is 6.07 Å². The van der Waals surface area contributed by atoms with Crippen LogP contribution >= 0.6 is 0 Å². The Morgan fingerprint density at radius 1 is 1.21 bits per heavy atom. The van der Waals surface area contributed by atoms with E-state index in [4.69, 9.17) is 0 Å². The first-order valence-corrected chi connectivity index (χ1v) is 7.04. The third-order valence-electron chi connectivity index (χ3n) is 3.66. The van der Waals surface area contributed by atoms with Gasteiger partial charge in [0.15, 0.2) is 0 Å². The van der Waals surface area contributed by atoms with Crippen LogP contribution in [0.2, 0.25) is 0 Å². The number of nitriles is 1. The van der Waals surface area contributed by atoms with Crippen molar-refractivity contribution < 1.29 is 0 Å². The molecule has 0 amide bonds. The fourth-order valence-corrected chi connectivity index (χ4v) is 2.09. The van der Waals surface area contributed by atoms with Gasteiger partial charge in [-0.15, -0.1) is 0 Å². The number of aryl methyl sites for hydroxylation is 2. The van der Waals surface area contributed by atoms with E-state index >= 15 is 0 Å². The van der Waals surface area contributed by atoms with Crippen LogP contribution in [0.15, 0.2) is 18.2 Å². The molecule has 0 fully saturated rings. The first-order chi connectivity index (χ1) is 9.12. The molecule has 3 heteroatoms. The highest BCUT2D eigenvalue weighted by molar-refractivity contribution is 5.33. The molecular formula is C16H25N3. The quantitative estimate of drug-likeness (QED) is 0.818. The summed E-state index contributed by atoms with van der Waals surface area (Å²) in [6, 6.07) is 8.36. The molecule has 0 aliphatic heterocycles. The van der Waals surface area contributed by atoms with E-state index in [1.807, 2.05) is 6.07 Å². The van der Waals surface area contributed by atoms with Crippen LogP contribution in [0.5, 0.6) is 0 Å². The lowest BCUT2D eigenvalue weighted by molar-refractivity contribution is 0.300. The molecule has 0 radical (unpaired) electrons. The second-order valence-electron chi connectivity index (χ2n) is 4.89. The zero-order valence-corrected chi connectivity index (χ0v) is 12.5. The molecular weight excluding hydrogens is 234 g/mol. The predicted molar refractivity (Wildman–Crippen MR) is 80.1 cm³/mol. The molecule has 0 aliphatic carbocycles. The van der Waals surface area contributed by atoms with E-state index in [9.17, 15) is 5.26 Å². The molecule has 3 nitrogen and oxygen atoms in total. The maximum atomic E-state index is 9.29. The molecule has 1 aromatic carbocycles. The monoisotopic (exact) mass is 259 g/mol. The summed E-state index contributed by atoms with van der Waals surface area (Å²) in [5.74, 6) is 0. The Labute approximate surface area is 117 Å². The fraction of sp³-hybridized carbons (Fsp3) is 0.562. The van der Waals surface area contributed by atoms with E-state index in [2.05, 4.69) is 56.1 Å². The van der Waals surface area contributed by atoms with Gasteiger partial charge in [-0.3, -0.25) is 5.32 Å². The largest absolute Gasteiger partial charge is 0.303 e. The average molecular weight is 259 g/mol. The average Bonchev–Trinajstić information content (AvgIpc) is 2.42. The van der Waals surface area contributed by atoms with Crippen LogP contribution in [0.4, 0.5) is 0 Å². The summed E-state index contributed by atoms with van der Waals surface area (Å²) in [6.07, 6.45) is 0. The Balaban J connectivity index is 2.59. The van der Waals surface area contributed by atoms with Crippen molar-refractivity contribution in [3.63, 3.8) is 0 Å². The number of nitrogens with zero attached hydrogens (tertiary/aromatic N) is 2. The lowest BCUT2D eigenvalue weighted by atomic mass is 10.0. The molecule has 0 spiro atoms. The number of hydrogen-bond acceptors (Lipinski definition) is 3. The van der Waals surface area contributed by atoms with Crippen LogP contribution in [0.25, 0.3) is 0 Å². The van der Waals surface area contributed by atoms with E-state index < -0.39 is 0 Å². The van der Waals surface area contributed by atoms with Crippen LogP contribution < -0.4 is 5.32 Å². The smallest absolute Gasteiger partial charge is 0.121 e. The number of benzene rings is 1. The standard InChI is InChI=1S/C16H25N3/c1-5-19(6-2)10-9-18-16(12-17)15-8-7-13(3)14(4)11-15/h7-8,11,16,18H,5-6,9-10H2,1-4H3.